The molecule has 1 heterocycles. The molecule has 20 heavy (non-hydrogen) atoms. The summed E-state index contributed by atoms with van der Waals surface area (Å²) < 4.78 is 14.7. The second kappa shape index (κ2) is 5.17. The van der Waals surface area contributed by atoms with Crippen LogP contribution in [0.5, 0.6) is 0 Å². The minimum absolute atomic E-state index is 0.215. The number of amides is 2. The van der Waals surface area contributed by atoms with Crippen molar-refractivity contribution in [1.82, 2.24) is 5.32 Å². The van der Waals surface area contributed by atoms with Gasteiger partial charge in [0.15, 0.2) is 0 Å². The zero-order valence-corrected chi connectivity index (χ0v) is 12.5. The number of nitrogens with one attached hydrogen (secondary N) is 1. The summed E-state index contributed by atoms with van der Waals surface area (Å²) in [5.74, 6) is -1.84. The molecule has 0 bridgehead atoms. The van der Waals surface area contributed by atoms with E-state index in [1.165, 1.54) is 6.07 Å². The predicted molar refractivity (Wildman–Crippen MR) is 75.2 cm³/mol. The lowest BCUT2D eigenvalue weighted by Gasteiger charge is -2.26. The fourth-order valence-electron chi connectivity index (χ4n) is 2.40. The molecular weight excluding hydrogens is 281 g/mol. The van der Waals surface area contributed by atoms with Gasteiger partial charge in [-0.15, -0.1) is 0 Å². The summed E-state index contributed by atoms with van der Waals surface area (Å²) >= 11 is 6.06. The SMILES string of the molecule is CC(C)(C)c1cc(Cl)cc(C2CCC(=O)NC2=O)c1F. The highest BCUT2D eigenvalue weighted by Crippen LogP contribution is 2.35. The maximum atomic E-state index is 14.7. The van der Waals surface area contributed by atoms with Gasteiger partial charge in [-0.2, -0.15) is 0 Å². The molecule has 1 unspecified atom stereocenters. The quantitative estimate of drug-likeness (QED) is 0.809. The van der Waals surface area contributed by atoms with Gasteiger partial charge in [-0.05, 0) is 29.5 Å². The summed E-state index contributed by atoms with van der Waals surface area (Å²) in [6, 6.07) is 3.07. The Morgan fingerprint density at radius 3 is 2.50 bits per heavy atom. The van der Waals surface area contributed by atoms with Gasteiger partial charge in [0.1, 0.15) is 5.82 Å². The monoisotopic (exact) mass is 297 g/mol. The van der Waals surface area contributed by atoms with Gasteiger partial charge < -0.3 is 0 Å². The van der Waals surface area contributed by atoms with Gasteiger partial charge in [0.25, 0.3) is 0 Å². The van der Waals surface area contributed by atoms with Crippen molar-refractivity contribution in [3.8, 4) is 0 Å². The van der Waals surface area contributed by atoms with E-state index in [1.54, 1.807) is 6.07 Å². The van der Waals surface area contributed by atoms with Gasteiger partial charge in [0.2, 0.25) is 11.8 Å². The second-order valence-electron chi connectivity index (χ2n) is 6.11. The van der Waals surface area contributed by atoms with Crippen molar-refractivity contribution in [2.75, 3.05) is 0 Å². The molecule has 108 valence electrons. The molecule has 1 saturated heterocycles. The van der Waals surface area contributed by atoms with Gasteiger partial charge in [0, 0.05) is 17.0 Å². The van der Waals surface area contributed by atoms with E-state index in [-0.39, 0.29) is 17.9 Å². The van der Waals surface area contributed by atoms with Gasteiger partial charge >= 0.3 is 0 Å². The van der Waals surface area contributed by atoms with Crippen LogP contribution in [-0.4, -0.2) is 11.8 Å². The van der Waals surface area contributed by atoms with Crippen molar-refractivity contribution in [3.05, 3.63) is 34.1 Å². The van der Waals surface area contributed by atoms with E-state index in [2.05, 4.69) is 5.32 Å². The third-order valence-electron chi connectivity index (χ3n) is 3.49. The molecule has 1 atom stereocenters. The number of carbonyl (C=O) groups excluding carboxylic acids is 2. The lowest BCUT2D eigenvalue weighted by molar-refractivity contribution is -0.134. The van der Waals surface area contributed by atoms with Crippen LogP contribution < -0.4 is 5.32 Å². The molecule has 1 aromatic carbocycles. The van der Waals surface area contributed by atoms with Crippen molar-refractivity contribution < 1.29 is 14.0 Å². The first kappa shape index (κ1) is 15.0. The largest absolute Gasteiger partial charge is 0.296 e. The van der Waals surface area contributed by atoms with Crippen LogP contribution in [-0.2, 0) is 15.0 Å². The van der Waals surface area contributed by atoms with E-state index in [4.69, 9.17) is 11.6 Å². The van der Waals surface area contributed by atoms with Crippen molar-refractivity contribution in [2.45, 2.75) is 44.9 Å². The van der Waals surface area contributed by atoms with Gasteiger partial charge in [-0.25, -0.2) is 4.39 Å². The van der Waals surface area contributed by atoms with Crippen LogP contribution in [0.1, 0.15) is 50.7 Å². The number of piperidine rings is 1. The minimum Gasteiger partial charge on any atom is -0.296 e. The van der Waals surface area contributed by atoms with Crippen molar-refractivity contribution in [2.24, 2.45) is 0 Å². The molecule has 0 aromatic heterocycles. The van der Waals surface area contributed by atoms with Crippen LogP contribution in [0.2, 0.25) is 5.02 Å². The summed E-state index contributed by atoms with van der Waals surface area (Å²) in [5.41, 5.74) is 0.335. The van der Waals surface area contributed by atoms with Crippen LogP contribution in [0.25, 0.3) is 0 Å². The van der Waals surface area contributed by atoms with Crippen LogP contribution in [0.15, 0.2) is 12.1 Å². The zero-order valence-electron chi connectivity index (χ0n) is 11.7. The summed E-state index contributed by atoms with van der Waals surface area (Å²) in [6.07, 6.45) is 0.527. The lowest BCUT2D eigenvalue weighted by Crippen LogP contribution is -2.40. The van der Waals surface area contributed by atoms with Crippen LogP contribution in [0, 0.1) is 5.82 Å². The molecule has 1 N–H and O–H groups in total. The maximum Gasteiger partial charge on any atom is 0.234 e. The maximum absolute atomic E-state index is 14.7. The molecule has 5 heteroatoms. The number of imide groups is 1. The molecule has 1 fully saturated rings. The molecule has 3 nitrogen and oxygen atoms in total. The van der Waals surface area contributed by atoms with Crippen LogP contribution >= 0.6 is 11.6 Å². The Labute approximate surface area is 122 Å². The first-order valence-electron chi connectivity index (χ1n) is 6.53. The average molecular weight is 298 g/mol. The zero-order chi connectivity index (χ0) is 15.1. The Bertz CT molecular complexity index is 578. The molecule has 2 rings (SSSR count). The fraction of sp³-hybridized carbons (Fsp3) is 0.467. The molecule has 0 spiro atoms. The Balaban J connectivity index is 2.50. The molecule has 0 radical (unpaired) electrons. The number of carbonyl (C=O) groups is 2. The van der Waals surface area contributed by atoms with E-state index in [1.807, 2.05) is 20.8 Å². The first-order valence-corrected chi connectivity index (χ1v) is 6.91. The highest BCUT2D eigenvalue weighted by Gasteiger charge is 2.32. The van der Waals surface area contributed by atoms with Gasteiger partial charge in [-0.1, -0.05) is 32.4 Å². The number of halogens is 2. The highest BCUT2D eigenvalue weighted by atomic mass is 35.5. The van der Waals surface area contributed by atoms with E-state index in [9.17, 15) is 14.0 Å². The number of benzene rings is 1. The van der Waals surface area contributed by atoms with Gasteiger partial charge in [-0.3, -0.25) is 14.9 Å². The normalized spacial score (nSPS) is 19.9. The van der Waals surface area contributed by atoms with E-state index >= 15 is 0 Å². The number of hydrogen-bond donors (Lipinski definition) is 1. The van der Waals surface area contributed by atoms with E-state index in [0.29, 0.717) is 17.0 Å². The smallest absolute Gasteiger partial charge is 0.234 e. The molecule has 0 saturated carbocycles. The van der Waals surface area contributed by atoms with Crippen molar-refractivity contribution >= 4 is 23.4 Å². The molecule has 1 aliphatic heterocycles. The Kier molecular flexibility index (Phi) is 3.87. The lowest BCUT2D eigenvalue weighted by atomic mass is 9.82. The van der Waals surface area contributed by atoms with E-state index < -0.39 is 23.1 Å². The van der Waals surface area contributed by atoms with Crippen molar-refractivity contribution in [1.29, 1.82) is 0 Å². The van der Waals surface area contributed by atoms with Crippen LogP contribution in [0.4, 0.5) is 4.39 Å². The van der Waals surface area contributed by atoms with E-state index in [0.717, 1.165) is 0 Å². The third-order valence-corrected chi connectivity index (χ3v) is 3.71. The topological polar surface area (TPSA) is 46.2 Å². The average Bonchev–Trinajstić information content (AvgIpc) is 2.31. The highest BCUT2D eigenvalue weighted by molar-refractivity contribution is 6.30. The summed E-state index contributed by atoms with van der Waals surface area (Å²) in [4.78, 5) is 23.1. The molecule has 1 aliphatic rings. The van der Waals surface area contributed by atoms with Gasteiger partial charge in [0.05, 0.1) is 5.92 Å². The Morgan fingerprint density at radius 2 is 1.95 bits per heavy atom. The third kappa shape index (κ3) is 2.85. The Hall–Kier alpha value is -1.42. The number of hydrogen-bond acceptors (Lipinski definition) is 2. The Morgan fingerprint density at radius 1 is 1.30 bits per heavy atom. The molecular formula is C15H17ClFNO2. The summed E-state index contributed by atoms with van der Waals surface area (Å²) in [6.45, 7) is 5.65. The fourth-order valence-corrected chi connectivity index (χ4v) is 2.63. The summed E-state index contributed by atoms with van der Waals surface area (Å²) in [7, 11) is 0. The first-order chi connectivity index (χ1) is 9.20. The predicted octanol–water partition coefficient (Wildman–Crippen LogP) is 3.30. The standard InChI is InChI=1S/C15H17ClFNO2/c1-15(2,3)11-7-8(16)6-10(13(11)17)9-4-5-12(19)18-14(9)20/h6-7,9H,4-5H2,1-3H3,(H,18,19,20). The van der Waals surface area contributed by atoms with Crippen LogP contribution in [0.3, 0.4) is 0 Å². The number of rotatable bonds is 1. The molecule has 2 amide bonds. The minimum atomic E-state index is -0.660. The summed E-state index contributed by atoms with van der Waals surface area (Å²) in [5, 5.41) is 2.64. The molecule has 0 aliphatic carbocycles. The second-order valence-corrected chi connectivity index (χ2v) is 6.55. The van der Waals surface area contributed by atoms with Crippen molar-refractivity contribution in [3.63, 3.8) is 0 Å². The molecule has 1 aromatic rings.